The molecule has 3 heteroatoms. The first-order chi connectivity index (χ1) is 7.36. The van der Waals surface area contributed by atoms with Crippen LogP contribution < -0.4 is 5.32 Å². The van der Waals surface area contributed by atoms with Crippen molar-refractivity contribution in [2.45, 2.75) is 52.5 Å². The van der Waals surface area contributed by atoms with Gasteiger partial charge in [-0.3, -0.25) is 4.79 Å². The number of nitrogens with one attached hydrogen (secondary N) is 1. The van der Waals surface area contributed by atoms with Gasteiger partial charge in [0.2, 0.25) is 0 Å². The molecule has 3 unspecified atom stereocenters. The van der Waals surface area contributed by atoms with Crippen molar-refractivity contribution in [2.75, 3.05) is 6.54 Å². The molecule has 2 rings (SSSR count). The van der Waals surface area contributed by atoms with E-state index in [0.717, 1.165) is 5.92 Å². The number of aliphatic carboxylic acids is 1. The number of carboxylic acids is 1. The van der Waals surface area contributed by atoms with Crippen LogP contribution in [0.15, 0.2) is 0 Å². The van der Waals surface area contributed by atoms with Gasteiger partial charge in [-0.2, -0.15) is 0 Å². The summed E-state index contributed by atoms with van der Waals surface area (Å²) in [6.07, 6.45) is 4.19. The lowest BCUT2D eigenvalue weighted by atomic mass is 9.68. The van der Waals surface area contributed by atoms with Crippen molar-refractivity contribution in [3.8, 4) is 0 Å². The van der Waals surface area contributed by atoms with Crippen LogP contribution in [-0.2, 0) is 4.79 Å². The minimum atomic E-state index is -0.710. The molecule has 2 bridgehead atoms. The lowest BCUT2D eigenvalue weighted by Crippen LogP contribution is -2.50. The highest BCUT2D eigenvalue weighted by atomic mass is 16.4. The minimum Gasteiger partial charge on any atom is -0.481 e. The van der Waals surface area contributed by atoms with Gasteiger partial charge in [0.1, 0.15) is 0 Å². The van der Waals surface area contributed by atoms with E-state index in [1.807, 2.05) is 0 Å². The maximum Gasteiger partial charge on any atom is 0.304 e. The first-order valence-corrected chi connectivity index (χ1v) is 6.31. The summed E-state index contributed by atoms with van der Waals surface area (Å²) in [7, 11) is 0. The molecule has 0 saturated heterocycles. The van der Waals surface area contributed by atoms with Gasteiger partial charge < -0.3 is 10.4 Å². The van der Waals surface area contributed by atoms with Gasteiger partial charge in [0.25, 0.3) is 0 Å². The topological polar surface area (TPSA) is 49.3 Å². The SMILES string of the molecule is CC12CCC(C1)C(C)(C)C2NCCC(=O)O. The first-order valence-electron chi connectivity index (χ1n) is 6.31. The second-order valence-electron chi connectivity index (χ2n) is 6.45. The molecule has 0 amide bonds. The maximum absolute atomic E-state index is 10.5. The van der Waals surface area contributed by atoms with E-state index in [1.165, 1.54) is 19.3 Å². The second-order valence-corrected chi connectivity index (χ2v) is 6.45. The van der Waals surface area contributed by atoms with E-state index in [2.05, 4.69) is 26.1 Å². The molecule has 0 radical (unpaired) electrons. The normalized spacial score (nSPS) is 40.2. The number of hydrogen-bond acceptors (Lipinski definition) is 2. The van der Waals surface area contributed by atoms with Crippen LogP contribution in [0.2, 0.25) is 0 Å². The molecule has 2 N–H and O–H groups in total. The summed E-state index contributed by atoms with van der Waals surface area (Å²) >= 11 is 0. The molecule has 0 heterocycles. The summed E-state index contributed by atoms with van der Waals surface area (Å²) < 4.78 is 0. The van der Waals surface area contributed by atoms with Crippen LogP contribution in [0.1, 0.15) is 46.5 Å². The Morgan fingerprint density at radius 1 is 1.44 bits per heavy atom. The maximum atomic E-state index is 10.5. The monoisotopic (exact) mass is 225 g/mol. The van der Waals surface area contributed by atoms with Crippen LogP contribution in [-0.4, -0.2) is 23.7 Å². The zero-order valence-corrected chi connectivity index (χ0v) is 10.5. The lowest BCUT2D eigenvalue weighted by molar-refractivity contribution is -0.137. The Hall–Kier alpha value is -0.570. The number of carbonyl (C=O) groups is 1. The third-order valence-electron chi connectivity index (χ3n) is 4.96. The molecule has 0 spiro atoms. The summed E-state index contributed by atoms with van der Waals surface area (Å²) in [6.45, 7) is 7.63. The van der Waals surface area contributed by atoms with Gasteiger partial charge in [0.15, 0.2) is 0 Å². The van der Waals surface area contributed by atoms with Crippen molar-refractivity contribution in [3.63, 3.8) is 0 Å². The Balaban J connectivity index is 2.00. The van der Waals surface area contributed by atoms with Crippen molar-refractivity contribution < 1.29 is 9.90 Å². The summed E-state index contributed by atoms with van der Waals surface area (Å²) in [6, 6.07) is 0.484. The number of hydrogen-bond donors (Lipinski definition) is 2. The molecule has 92 valence electrons. The molecule has 0 aromatic heterocycles. The molecule has 2 aliphatic carbocycles. The molecule has 3 nitrogen and oxygen atoms in total. The molecule has 16 heavy (non-hydrogen) atoms. The Labute approximate surface area is 97.6 Å². The van der Waals surface area contributed by atoms with Gasteiger partial charge >= 0.3 is 5.97 Å². The minimum absolute atomic E-state index is 0.229. The van der Waals surface area contributed by atoms with Crippen LogP contribution in [0.5, 0.6) is 0 Å². The molecule has 0 aliphatic heterocycles. The largest absolute Gasteiger partial charge is 0.481 e. The Morgan fingerprint density at radius 2 is 2.12 bits per heavy atom. The molecule has 2 saturated carbocycles. The fourth-order valence-corrected chi connectivity index (χ4v) is 4.13. The predicted molar refractivity (Wildman–Crippen MR) is 63.3 cm³/mol. The van der Waals surface area contributed by atoms with E-state index < -0.39 is 5.97 Å². The highest BCUT2D eigenvalue weighted by Gasteiger charge is 2.58. The quantitative estimate of drug-likeness (QED) is 0.771. The summed E-state index contributed by atoms with van der Waals surface area (Å²) in [5.74, 6) is 0.110. The Morgan fingerprint density at radius 3 is 2.62 bits per heavy atom. The molecule has 0 aromatic carbocycles. The van der Waals surface area contributed by atoms with Gasteiger partial charge in [-0.1, -0.05) is 20.8 Å². The molecule has 3 atom stereocenters. The first kappa shape index (κ1) is 11.9. The Bertz CT molecular complexity index is 296. The van der Waals surface area contributed by atoms with Crippen LogP contribution in [0.3, 0.4) is 0 Å². The van der Waals surface area contributed by atoms with E-state index in [1.54, 1.807) is 0 Å². The van der Waals surface area contributed by atoms with Gasteiger partial charge in [-0.05, 0) is 36.0 Å². The van der Waals surface area contributed by atoms with Crippen LogP contribution >= 0.6 is 0 Å². The standard InChI is InChI=1S/C13H23NO2/c1-12(2)9-4-6-13(3,8-9)11(12)14-7-5-10(15)16/h9,11,14H,4-8H2,1-3H3,(H,15,16). The smallest absolute Gasteiger partial charge is 0.304 e. The molecule has 0 aromatic rings. The highest BCUT2D eigenvalue weighted by molar-refractivity contribution is 5.66. The summed E-state index contributed by atoms with van der Waals surface area (Å²) in [5.41, 5.74) is 0.720. The molecular formula is C13H23NO2. The average molecular weight is 225 g/mol. The number of fused-ring (bicyclic) bond motifs is 2. The second kappa shape index (κ2) is 3.73. The van der Waals surface area contributed by atoms with Gasteiger partial charge in [-0.15, -0.1) is 0 Å². The van der Waals surface area contributed by atoms with Crippen LogP contribution in [0, 0.1) is 16.7 Å². The summed E-state index contributed by atoms with van der Waals surface area (Å²) in [4.78, 5) is 10.5. The molecule has 2 fully saturated rings. The third kappa shape index (κ3) is 1.75. The van der Waals surface area contributed by atoms with Crippen LogP contribution in [0.4, 0.5) is 0 Å². The van der Waals surface area contributed by atoms with Crippen LogP contribution in [0.25, 0.3) is 0 Å². The van der Waals surface area contributed by atoms with E-state index >= 15 is 0 Å². The lowest BCUT2D eigenvalue weighted by Gasteiger charge is -2.43. The van der Waals surface area contributed by atoms with E-state index in [0.29, 0.717) is 23.4 Å². The van der Waals surface area contributed by atoms with Crippen molar-refractivity contribution in [1.29, 1.82) is 0 Å². The van der Waals surface area contributed by atoms with Crippen molar-refractivity contribution in [1.82, 2.24) is 5.32 Å². The van der Waals surface area contributed by atoms with E-state index in [9.17, 15) is 4.79 Å². The zero-order valence-electron chi connectivity index (χ0n) is 10.5. The van der Waals surface area contributed by atoms with Gasteiger partial charge in [0.05, 0.1) is 6.42 Å². The van der Waals surface area contributed by atoms with Gasteiger partial charge in [0, 0.05) is 12.6 Å². The van der Waals surface area contributed by atoms with Gasteiger partial charge in [-0.25, -0.2) is 0 Å². The van der Waals surface area contributed by atoms with Crippen molar-refractivity contribution in [3.05, 3.63) is 0 Å². The Kier molecular flexibility index (Phi) is 2.77. The van der Waals surface area contributed by atoms with Crippen molar-refractivity contribution in [2.24, 2.45) is 16.7 Å². The highest BCUT2D eigenvalue weighted by Crippen LogP contribution is 2.62. The number of carboxylic acid groups (broad SMARTS) is 1. The fourth-order valence-electron chi connectivity index (χ4n) is 4.13. The molecular weight excluding hydrogens is 202 g/mol. The van der Waals surface area contributed by atoms with Crippen molar-refractivity contribution >= 4 is 5.97 Å². The fraction of sp³-hybridized carbons (Fsp3) is 0.923. The predicted octanol–water partition coefficient (Wildman–Crippen LogP) is 2.27. The third-order valence-corrected chi connectivity index (χ3v) is 4.96. The van der Waals surface area contributed by atoms with E-state index in [4.69, 9.17) is 5.11 Å². The summed E-state index contributed by atoms with van der Waals surface area (Å²) in [5, 5.41) is 12.2. The zero-order chi connectivity index (χ0) is 12.0. The van der Waals surface area contributed by atoms with E-state index in [-0.39, 0.29) is 6.42 Å². The average Bonchev–Trinajstić information content (AvgIpc) is 2.62. The molecule has 2 aliphatic rings. The number of rotatable bonds is 4.